The van der Waals surface area contributed by atoms with Gasteiger partial charge in [0.1, 0.15) is 11.9 Å². The second kappa shape index (κ2) is 11.4. The van der Waals surface area contributed by atoms with Gasteiger partial charge >= 0.3 is 0 Å². The maximum atomic E-state index is 16.0. The van der Waals surface area contributed by atoms with Crippen LogP contribution in [0.1, 0.15) is 0 Å². The Morgan fingerprint density at radius 2 is 1.59 bits per heavy atom. The topological polar surface area (TPSA) is 77.6 Å². The molecule has 0 amide bonds. The van der Waals surface area contributed by atoms with Crippen molar-refractivity contribution < 1.29 is 18.3 Å². The van der Waals surface area contributed by atoms with Gasteiger partial charge in [-0.3, -0.25) is 14.4 Å². The summed E-state index contributed by atoms with van der Waals surface area (Å²) in [5.74, 6) is 0.534. The number of halogens is 3. The minimum absolute atomic E-state index is 0.0290. The van der Waals surface area contributed by atoms with Crippen LogP contribution in [0.2, 0.25) is 0 Å². The van der Waals surface area contributed by atoms with Crippen molar-refractivity contribution in [3.63, 3.8) is 0 Å². The van der Waals surface area contributed by atoms with Gasteiger partial charge in [0.25, 0.3) is 5.69 Å². The molecule has 0 spiro atoms. The molecule has 1 heterocycles. The van der Waals surface area contributed by atoms with E-state index in [0.717, 1.165) is 30.8 Å². The van der Waals surface area contributed by atoms with Crippen molar-refractivity contribution in [2.45, 2.75) is 17.6 Å². The number of hydrogen-bond acceptors (Lipinski definition) is 4. The molecular formula is C28H22Br2FN3O4S. The molecule has 0 radical (unpaired) electrons. The summed E-state index contributed by atoms with van der Waals surface area (Å²) in [6.45, 7) is -0.161. The maximum absolute atomic E-state index is 16.0. The average Bonchev–Trinajstić information content (AvgIpc) is 3.22. The summed E-state index contributed by atoms with van der Waals surface area (Å²) in [6.07, 6.45) is -1.41. The van der Waals surface area contributed by atoms with E-state index < -0.39 is 22.1 Å². The van der Waals surface area contributed by atoms with E-state index in [2.05, 4.69) is 31.9 Å². The number of benzene rings is 4. The highest BCUT2D eigenvalue weighted by Gasteiger charge is 2.24. The van der Waals surface area contributed by atoms with Crippen LogP contribution in [-0.2, 0) is 17.5 Å². The summed E-state index contributed by atoms with van der Waals surface area (Å²) in [7, 11) is -0.318. The fourth-order valence-electron chi connectivity index (χ4n) is 4.53. The van der Waals surface area contributed by atoms with E-state index in [0.29, 0.717) is 16.3 Å². The molecule has 11 heteroatoms. The van der Waals surface area contributed by atoms with Crippen LogP contribution in [0.4, 0.5) is 15.8 Å². The minimum atomic E-state index is -1.84. The molecule has 0 saturated heterocycles. The lowest BCUT2D eigenvalue weighted by Crippen LogP contribution is -2.34. The molecule has 2 atom stereocenters. The molecule has 0 aliphatic carbocycles. The third-order valence-electron chi connectivity index (χ3n) is 6.32. The molecule has 200 valence electrons. The maximum Gasteiger partial charge on any atom is 0.269 e. The third kappa shape index (κ3) is 5.70. The number of non-ortho nitro benzene ring substituents is 1. The molecule has 39 heavy (non-hydrogen) atoms. The molecule has 7 nitrogen and oxygen atoms in total. The van der Waals surface area contributed by atoms with Gasteiger partial charge in [-0.1, -0.05) is 37.9 Å². The van der Waals surface area contributed by atoms with Crippen molar-refractivity contribution in [1.29, 1.82) is 0 Å². The summed E-state index contributed by atoms with van der Waals surface area (Å²) < 4.78 is 40.3. The van der Waals surface area contributed by atoms with E-state index in [1.54, 1.807) is 24.3 Å². The number of aromatic nitrogens is 1. The van der Waals surface area contributed by atoms with Crippen molar-refractivity contribution in [1.82, 2.24) is 4.57 Å². The minimum Gasteiger partial charge on any atom is -0.497 e. The fourth-order valence-corrected chi connectivity index (χ4v) is 6.47. The second-order valence-electron chi connectivity index (χ2n) is 8.79. The van der Waals surface area contributed by atoms with Gasteiger partial charge < -0.3 is 9.30 Å². The SMILES string of the molecule is COc1cccc(N(CC(F)Cn2c3ccc(Br)cc3c3cc(Br)ccc32)S(=O)c2ccc([N+](=O)[O-])cc2)c1. The number of methoxy groups -OCH3 is 1. The molecule has 0 fully saturated rings. The van der Waals surface area contributed by atoms with E-state index in [-0.39, 0.29) is 18.8 Å². The predicted molar refractivity (Wildman–Crippen MR) is 160 cm³/mol. The number of alkyl halides is 1. The Hall–Kier alpha value is -3.28. The summed E-state index contributed by atoms with van der Waals surface area (Å²) in [5, 5.41) is 13.1. The van der Waals surface area contributed by atoms with Crippen molar-refractivity contribution >= 4 is 76.0 Å². The van der Waals surface area contributed by atoms with E-state index in [4.69, 9.17) is 4.74 Å². The van der Waals surface area contributed by atoms with E-state index in [9.17, 15) is 14.3 Å². The van der Waals surface area contributed by atoms with E-state index >= 15 is 4.39 Å². The Kier molecular flexibility index (Phi) is 8.01. The Labute approximate surface area is 243 Å². The van der Waals surface area contributed by atoms with Crippen LogP contribution >= 0.6 is 31.9 Å². The first-order valence-electron chi connectivity index (χ1n) is 11.8. The Bertz CT molecular complexity index is 1650. The number of rotatable bonds is 9. The molecule has 0 aliphatic heterocycles. The average molecular weight is 675 g/mol. The highest BCUT2D eigenvalue weighted by molar-refractivity contribution is 9.10. The lowest BCUT2D eigenvalue weighted by molar-refractivity contribution is -0.384. The van der Waals surface area contributed by atoms with Crippen molar-refractivity contribution in [3.8, 4) is 5.75 Å². The van der Waals surface area contributed by atoms with Gasteiger partial charge in [0.05, 0.1) is 35.7 Å². The number of anilines is 1. The molecule has 0 aliphatic rings. The molecule has 0 saturated carbocycles. The summed E-state index contributed by atoms with van der Waals surface area (Å²) in [5.41, 5.74) is 2.16. The fraction of sp³-hybridized carbons (Fsp3) is 0.143. The monoisotopic (exact) mass is 673 g/mol. The van der Waals surface area contributed by atoms with Gasteiger partial charge in [-0.25, -0.2) is 8.60 Å². The quantitative estimate of drug-likeness (QED) is 0.118. The Morgan fingerprint density at radius 1 is 0.974 bits per heavy atom. The van der Waals surface area contributed by atoms with Gasteiger partial charge in [-0.05, 0) is 60.7 Å². The smallest absolute Gasteiger partial charge is 0.269 e. The normalized spacial score (nSPS) is 12.9. The lowest BCUT2D eigenvalue weighted by atomic mass is 10.2. The van der Waals surface area contributed by atoms with Gasteiger partial charge in [-0.2, -0.15) is 0 Å². The van der Waals surface area contributed by atoms with Crippen LogP contribution in [0.3, 0.4) is 0 Å². The van der Waals surface area contributed by atoms with Gasteiger partial charge in [0.15, 0.2) is 11.0 Å². The highest BCUT2D eigenvalue weighted by Crippen LogP contribution is 2.34. The number of nitrogens with zero attached hydrogens (tertiary/aromatic N) is 3. The van der Waals surface area contributed by atoms with Crippen LogP contribution in [0, 0.1) is 10.1 Å². The first kappa shape index (κ1) is 27.3. The first-order valence-corrected chi connectivity index (χ1v) is 14.5. The Balaban J connectivity index is 1.51. The summed E-state index contributed by atoms with van der Waals surface area (Å²) >= 11 is 7.07. The van der Waals surface area contributed by atoms with Crippen LogP contribution in [0.5, 0.6) is 5.75 Å². The molecule has 0 N–H and O–H groups in total. The zero-order chi connectivity index (χ0) is 27.7. The van der Waals surface area contributed by atoms with Gasteiger partial charge in [-0.15, -0.1) is 0 Å². The van der Waals surface area contributed by atoms with E-state index in [1.165, 1.54) is 35.7 Å². The Morgan fingerprint density at radius 3 is 2.15 bits per heavy atom. The van der Waals surface area contributed by atoms with Crippen LogP contribution in [-0.4, -0.2) is 33.5 Å². The molecule has 2 unspecified atom stereocenters. The third-order valence-corrected chi connectivity index (χ3v) is 8.75. The van der Waals surface area contributed by atoms with Crippen molar-refractivity contribution in [2.24, 2.45) is 0 Å². The number of fused-ring (bicyclic) bond motifs is 3. The van der Waals surface area contributed by atoms with E-state index in [1.807, 2.05) is 41.0 Å². The molecule has 5 rings (SSSR count). The molecule has 1 aromatic heterocycles. The van der Waals surface area contributed by atoms with Gasteiger partial charge in [0.2, 0.25) is 0 Å². The van der Waals surface area contributed by atoms with Crippen LogP contribution < -0.4 is 9.04 Å². The molecule has 5 aromatic rings. The van der Waals surface area contributed by atoms with Crippen LogP contribution in [0.15, 0.2) is 98.8 Å². The van der Waals surface area contributed by atoms with Gasteiger partial charge in [0, 0.05) is 49.0 Å². The first-order chi connectivity index (χ1) is 18.7. The summed E-state index contributed by atoms with van der Waals surface area (Å²) in [4.78, 5) is 10.9. The standard InChI is InChI=1S/C28H22Br2FN3O4S/c1-38-23-4-2-3-22(15-23)33(39(37)24-9-7-21(8-10-24)34(35)36)17-20(31)16-32-27-11-5-18(29)13-25(27)26-14-19(30)6-12-28(26)32/h2-15,20H,16-17H2,1H3. The van der Waals surface area contributed by atoms with Crippen molar-refractivity contribution in [2.75, 3.05) is 18.0 Å². The number of hydrogen-bond donors (Lipinski definition) is 0. The summed E-state index contributed by atoms with van der Waals surface area (Å²) in [6, 6.07) is 24.1. The molecular weight excluding hydrogens is 653 g/mol. The largest absolute Gasteiger partial charge is 0.497 e. The lowest BCUT2D eigenvalue weighted by Gasteiger charge is -2.26. The number of ether oxygens (including phenoxy) is 1. The number of nitro benzene ring substituents is 1. The molecule has 4 aromatic carbocycles. The zero-order valence-electron chi connectivity index (χ0n) is 20.6. The second-order valence-corrected chi connectivity index (χ2v) is 12.0. The number of nitro groups is 1. The highest BCUT2D eigenvalue weighted by atomic mass is 79.9. The predicted octanol–water partition coefficient (Wildman–Crippen LogP) is 7.80. The molecule has 0 bridgehead atoms. The van der Waals surface area contributed by atoms with Crippen LogP contribution in [0.25, 0.3) is 21.8 Å². The van der Waals surface area contributed by atoms with Crippen molar-refractivity contribution in [3.05, 3.63) is 104 Å². The zero-order valence-corrected chi connectivity index (χ0v) is 24.6.